The highest BCUT2D eigenvalue weighted by atomic mass is 16.5. The van der Waals surface area contributed by atoms with Crippen molar-refractivity contribution in [1.29, 1.82) is 0 Å². The van der Waals surface area contributed by atoms with E-state index in [-0.39, 0.29) is 0 Å². The molecular weight excluding hydrogens is 132 g/mol. The SMILES string of the molecule is CC/C=C\[C@@H](O)C(=O)OC. The molecule has 10 heavy (non-hydrogen) atoms. The van der Waals surface area contributed by atoms with Crippen LogP contribution in [0.3, 0.4) is 0 Å². The van der Waals surface area contributed by atoms with E-state index in [1.54, 1.807) is 6.08 Å². The van der Waals surface area contributed by atoms with Crippen LogP contribution in [-0.2, 0) is 9.53 Å². The molecule has 0 radical (unpaired) electrons. The molecule has 0 heterocycles. The quantitative estimate of drug-likeness (QED) is 0.463. The molecule has 0 aliphatic heterocycles. The molecule has 1 atom stereocenters. The van der Waals surface area contributed by atoms with E-state index in [0.29, 0.717) is 0 Å². The van der Waals surface area contributed by atoms with Gasteiger partial charge in [-0.05, 0) is 12.5 Å². The molecule has 0 aromatic rings. The fourth-order valence-corrected chi connectivity index (χ4v) is 0.464. The van der Waals surface area contributed by atoms with Gasteiger partial charge in [-0.3, -0.25) is 0 Å². The van der Waals surface area contributed by atoms with Gasteiger partial charge in [0.1, 0.15) is 0 Å². The van der Waals surface area contributed by atoms with E-state index in [4.69, 9.17) is 5.11 Å². The van der Waals surface area contributed by atoms with E-state index < -0.39 is 12.1 Å². The molecule has 0 aliphatic rings. The van der Waals surface area contributed by atoms with Crippen LogP contribution in [-0.4, -0.2) is 24.3 Å². The Kier molecular flexibility index (Phi) is 4.58. The Morgan fingerprint density at radius 1 is 1.80 bits per heavy atom. The minimum Gasteiger partial charge on any atom is -0.467 e. The number of allylic oxidation sites excluding steroid dienone is 1. The summed E-state index contributed by atoms with van der Waals surface area (Å²) in [6.45, 7) is 1.92. The van der Waals surface area contributed by atoms with Crippen molar-refractivity contribution in [3.8, 4) is 0 Å². The summed E-state index contributed by atoms with van der Waals surface area (Å²) < 4.78 is 4.27. The summed E-state index contributed by atoms with van der Waals surface area (Å²) >= 11 is 0. The number of aliphatic hydroxyl groups is 1. The van der Waals surface area contributed by atoms with Crippen molar-refractivity contribution in [3.05, 3.63) is 12.2 Å². The number of rotatable bonds is 3. The Bertz CT molecular complexity index is 129. The molecule has 0 aromatic heterocycles. The van der Waals surface area contributed by atoms with Crippen molar-refractivity contribution in [2.75, 3.05) is 7.11 Å². The lowest BCUT2D eigenvalue weighted by Gasteiger charge is -2.00. The van der Waals surface area contributed by atoms with Crippen LogP contribution in [0, 0.1) is 0 Å². The third-order valence-corrected chi connectivity index (χ3v) is 0.997. The zero-order valence-corrected chi connectivity index (χ0v) is 6.20. The van der Waals surface area contributed by atoms with Gasteiger partial charge >= 0.3 is 5.97 Å². The highest BCUT2D eigenvalue weighted by molar-refractivity contribution is 5.76. The number of hydrogen-bond donors (Lipinski definition) is 1. The molecule has 3 heteroatoms. The van der Waals surface area contributed by atoms with Crippen molar-refractivity contribution in [2.45, 2.75) is 19.4 Å². The maximum Gasteiger partial charge on any atom is 0.338 e. The fourth-order valence-electron chi connectivity index (χ4n) is 0.464. The summed E-state index contributed by atoms with van der Waals surface area (Å²) in [5.41, 5.74) is 0. The number of ether oxygens (including phenoxy) is 1. The molecule has 0 aromatic carbocycles. The number of aliphatic hydroxyl groups excluding tert-OH is 1. The van der Waals surface area contributed by atoms with E-state index in [0.717, 1.165) is 6.42 Å². The number of hydrogen-bond acceptors (Lipinski definition) is 3. The van der Waals surface area contributed by atoms with E-state index >= 15 is 0 Å². The Balaban J connectivity index is 3.72. The third-order valence-electron chi connectivity index (χ3n) is 0.997. The van der Waals surface area contributed by atoms with Gasteiger partial charge in [-0.15, -0.1) is 0 Å². The van der Waals surface area contributed by atoms with Crippen LogP contribution in [0.2, 0.25) is 0 Å². The summed E-state index contributed by atoms with van der Waals surface area (Å²) in [7, 11) is 1.24. The average molecular weight is 144 g/mol. The van der Waals surface area contributed by atoms with Gasteiger partial charge in [0.2, 0.25) is 0 Å². The van der Waals surface area contributed by atoms with E-state index in [9.17, 15) is 4.79 Å². The monoisotopic (exact) mass is 144 g/mol. The topological polar surface area (TPSA) is 46.5 Å². The van der Waals surface area contributed by atoms with Crippen LogP contribution in [0.25, 0.3) is 0 Å². The Hall–Kier alpha value is -0.830. The van der Waals surface area contributed by atoms with Crippen molar-refractivity contribution < 1.29 is 14.6 Å². The second-order valence-electron chi connectivity index (χ2n) is 1.80. The molecule has 0 unspecified atom stereocenters. The lowest BCUT2D eigenvalue weighted by molar-refractivity contribution is -0.147. The largest absolute Gasteiger partial charge is 0.467 e. The van der Waals surface area contributed by atoms with E-state index in [1.807, 2.05) is 6.92 Å². The minimum atomic E-state index is -1.11. The third kappa shape index (κ3) is 3.25. The summed E-state index contributed by atoms with van der Waals surface area (Å²) in [6, 6.07) is 0. The molecule has 0 spiro atoms. The normalized spacial score (nSPS) is 13.5. The zero-order chi connectivity index (χ0) is 7.98. The maximum atomic E-state index is 10.5. The van der Waals surface area contributed by atoms with Crippen molar-refractivity contribution in [2.24, 2.45) is 0 Å². The number of methoxy groups -OCH3 is 1. The zero-order valence-electron chi connectivity index (χ0n) is 6.20. The Labute approximate surface area is 60.3 Å². The number of esters is 1. The van der Waals surface area contributed by atoms with Gasteiger partial charge < -0.3 is 9.84 Å². The molecule has 3 nitrogen and oxygen atoms in total. The summed E-state index contributed by atoms with van der Waals surface area (Å²) in [5, 5.41) is 8.89. The highest BCUT2D eigenvalue weighted by Crippen LogP contribution is 1.90. The van der Waals surface area contributed by atoms with Crippen LogP contribution in [0.5, 0.6) is 0 Å². The van der Waals surface area contributed by atoms with Gasteiger partial charge in [0.05, 0.1) is 7.11 Å². The summed E-state index contributed by atoms with van der Waals surface area (Å²) in [5.74, 6) is -0.621. The summed E-state index contributed by atoms with van der Waals surface area (Å²) in [6.07, 6.45) is 2.81. The second kappa shape index (κ2) is 4.99. The van der Waals surface area contributed by atoms with Gasteiger partial charge in [-0.2, -0.15) is 0 Å². The smallest absolute Gasteiger partial charge is 0.338 e. The van der Waals surface area contributed by atoms with Crippen LogP contribution < -0.4 is 0 Å². The molecule has 0 rings (SSSR count). The first-order valence-corrected chi connectivity index (χ1v) is 3.15. The maximum absolute atomic E-state index is 10.5. The van der Waals surface area contributed by atoms with E-state index in [2.05, 4.69) is 4.74 Å². The minimum absolute atomic E-state index is 0.621. The fraction of sp³-hybridized carbons (Fsp3) is 0.571. The number of carbonyl (C=O) groups is 1. The molecule has 0 amide bonds. The average Bonchev–Trinajstić information content (AvgIpc) is 1.98. The Morgan fingerprint density at radius 2 is 2.40 bits per heavy atom. The standard InChI is InChI=1S/C7H12O3/c1-3-4-5-6(8)7(9)10-2/h4-6,8H,3H2,1-2H3/b5-4-/t6-/m1/s1. The second-order valence-corrected chi connectivity index (χ2v) is 1.80. The molecule has 0 saturated carbocycles. The van der Waals surface area contributed by atoms with Crippen LogP contribution in [0.15, 0.2) is 12.2 Å². The Morgan fingerprint density at radius 3 is 2.80 bits per heavy atom. The number of carbonyl (C=O) groups excluding carboxylic acids is 1. The first kappa shape index (κ1) is 9.17. The first-order valence-electron chi connectivity index (χ1n) is 3.15. The van der Waals surface area contributed by atoms with Crippen LogP contribution in [0.4, 0.5) is 0 Å². The molecule has 0 bridgehead atoms. The van der Waals surface area contributed by atoms with Crippen LogP contribution >= 0.6 is 0 Å². The first-order chi connectivity index (χ1) is 4.72. The van der Waals surface area contributed by atoms with Crippen molar-refractivity contribution in [3.63, 3.8) is 0 Å². The van der Waals surface area contributed by atoms with Crippen molar-refractivity contribution in [1.82, 2.24) is 0 Å². The van der Waals surface area contributed by atoms with Gasteiger partial charge in [-0.1, -0.05) is 13.0 Å². The van der Waals surface area contributed by atoms with Gasteiger partial charge in [0.15, 0.2) is 6.10 Å². The van der Waals surface area contributed by atoms with Crippen LogP contribution in [0.1, 0.15) is 13.3 Å². The van der Waals surface area contributed by atoms with Gasteiger partial charge in [0, 0.05) is 0 Å². The highest BCUT2D eigenvalue weighted by Gasteiger charge is 2.09. The molecule has 0 aliphatic carbocycles. The van der Waals surface area contributed by atoms with E-state index in [1.165, 1.54) is 13.2 Å². The van der Waals surface area contributed by atoms with Gasteiger partial charge in [-0.25, -0.2) is 4.79 Å². The molecular formula is C7H12O3. The lowest BCUT2D eigenvalue weighted by Crippen LogP contribution is -2.18. The predicted octanol–water partition coefficient (Wildman–Crippen LogP) is 0.486. The molecule has 0 saturated heterocycles. The molecule has 0 fully saturated rings. The van der Waals surface area contributed by atoms with Gasteiger partial charge in [0.25, 0.3) is 0 Å². The molecule has 1 N–H and O–H groups in total. The van der Waals surface area contributed by atoms with Crippen molar-refractivity contribution >= 4 is 5.97 Å². The lowest BCUT2D eigenvalue weighted by atomic mass is 10.3. The predicted molar refractivity (Wildman–Crippen MR) is 37.5 cm³/mol. The summed E-state index contributed by atoms with van der Waals surface area (Å²) in [4.78, 5) is 10.5. The molecule has 58 valence electrons.